The summed E-state index contributed by atoms with van der Waals surface area (Å²) >= 11 is 6.12. The third-order valence-corrected chi connectivity index (χ3v) is 4.71. The van der Waals surface area contributed by atoms with Crippen molar-refractivity contribution in [1.82, 2.24) is 19.6 Å². The Labute approximate surface area is 159 Å². The van der Waals surface area contributed by atoms with Gasteiger partial charge in [-0.15, -0.1) is 5.10 Å². The summed E-state index contributed by atoms with van der Waals surface area (Å²) in [5, 5.41) is 4.10. The highest BCUT2D eigenvalue weighted by molar-refractivity contribution is 6.32. The van der Waals surface area contributed by atoms with Crippen molar-refractivity contribution in [1.29, 1.82) is 0 Å². The van der Waals surface area contributed by atoms with Crippen LogP contribution in [0.1, 0.15) is 51.3 Å². The molecule has 0 amide bonds. The van der Waals surface area contributed by atoms with Crippen molar-refractivity contribution in [2.45, 2.75) is 45.4 Å². The van der Waals surface area contributed by atoms with Crippen molar-refractivity contribution in [3.63, 3.8) is 0 Å². The number of unbranched alkanes of at least 4 members (excludes halogenated alkanes) is 2. The average Bonchev–Trinajstić information content (AvgIpc) is 3.01. The summed E-state index contributed by atoms with van der Waals surface area (Å²) < 4.78 is 42.8. The number of anilines is 1. The van der Waals surface area contributed by atoms with E-state index in [0.29, 0.717) is 18.0 Å². The lowest BCUT2D eigenvalue weighted by atomic mass is 10.0. The fourth-order valence-electron chi connectivity index (χ4n) is 2.96. The second-order valence-corrected chi connectivity index (χ2v) is 6.84. The zero-order valence-corrected chi connectivity index (χ0v) is 15.7. The third-order valence-electron chi connectivity index (χ3n) is 4.43. The van der Waals surface area contributed by atoms with Crippen LogP contribution in [0, 0.1) is 17.5 Å². The van der Waals surface area contributed by atoms with Crippen molar-refractivity contribution in [3.05, 3.63) is 40.6 Å². The van der Waals surface area contributed by atoms with Gasteiger partial charge in [0.1, 0.15) is 28.4 Å². The van der Waals surface area contributed by atoms with E-state index in [1.807, 2.05) is 6.92 Å². The first-order valence-electron chi connectivity index (χ1n) is 8.70. The van der Waals surface area contributed by atoms with Gasteiger partial charge in [-0.2, -0.15) is 14.5 Å². The third kappa shape index (κ3) is 3.71. The topological polar surface area (TPSA) is 69.1 Å². The van der Waals surface area contributed by atoms with Crippen molar-refractivity contribution in [2.75, 3.05) is 5.73 Å². The molecule has 2 heterocycles. The van der Waals surface area contributed by atoms with Gasteiger partial charge in [-0.1, -0.05) is 44.7 Å². The summed E-state index contributed by atoms with van der Waals surface area (Å²) in [5.41, 5.74) is 5.33. The highest BCUT2D eigenvalue weighted by Crippen LogP contribution is 2.36. The second-order valence-electron chi connectivity index (χ2n) is 6.49. The molecule has 1 aromatic carbocycles. The summed E-state index contributed by atoms with van der Waals surface area (Å²) in [6.07, 6.45) is 4.14. The minimum absolute atomic E-state index is 0.0687. The Kier molecular flexibility index (Phi) is 5.55. The predicted octanol–water partition coefficient (Wildman–Crippen LogP) is 5.13. The molecule has 0 spiro atoms. The van der Waals surface area contributed by atoms with Crippen molar-refractivity contribution in [2.24, 2.45) is 0 Å². The van der Waals surface area contributed by atoms with E-state index in [0.717, 1.165) is 25.7 Å². The molecule has 2 aromatic heterocycles. The average molecular weight is 398 g/mol. The number of halogens is 4. The summed E-state index contributed by atoms with van der Waals surface area (Å²) in [4.78, 5) is 8.40. The van der Waals surface area contributed by atoms with Crippen LogP contribution in [0.25, 0.3) is 16.9 Å². The maximum Gasteiger partial charge on any atom is 0.255 e. The molecule has 3 aromatic rings. The van der Waals surface area contributed by atoms with Gasteiger partial charge < -0.3 is 5.73 Å². The van der Waals surface area contributed by atoms with E-state index in [4.69, 9.17) is 17.3 Å². The van der Waals surface area contributed by atoms with Crippen LogP contribution in [0.2, 0.25) is 5.15 Å². The maximum atomic E-state index is 14.2. The quantitative estimate of drug-likeness (QED) is 0.462. The SMILES string of the molecule is CCCCCC(C)c1nc2nc(Cl)c(-c3c(F)cc(F)cc3F)c(N)n2n1. The summed E-state index contributed by atoms with van der Waals surface area (Å²) in [5.74, 6) is -2.68. The molecule has 3 rings (SSSR count). The lowest BCUT2D eigenvalue weighted by Gasteiger charge is -2.11. The standard InChI is InChI=1S/C18H19ClF3N5/c1-3-4-5-6-9(2)17-25-18-24-15(19)14(16(23)27(18)26-17)13-11(21)7-10(20)8-12(13)22/h7-9H,3-6,23H2,1-2H3. The maximum absolute atomic E-state index is 14.2. The van der Waals surface area contributed by atoms with E-state index in [-0.39, 0.29) is 28.2 Å². The number of nitrogens with zero attached hydrogens (tertiary/aromatic N) is 4. The minimum atomic E-state index is -1.13. The van der Waals surface area contributed by atoms with E-state index in [1.54, 1.807) is 0 Å². The Morgan fingerprint density at radius 2 is 1.78 bits per heavy atom. The predicted molar refractivity (Wildman–Crippen MR) is 98.1 cm³/mol. The Balaban J connectivity index is 2.09. The second kappa shape index (κ2) is 7.72. The van der Waals surface area contributed by atoms with Crippen LogP contribution >= 0.6 is 11.6 Å². The molecule has 5 nitrogen and oxygen atoms in total. The summed E-state index contributed by atoms with van der Waals surface area (Å²) in [7, 11) is 0. The van der Waals surface area contributed by atoms with Crippen molar-refractivity contribution in [3.8, 4) is 11.1 Å². The van der Waals surface area contributed by atoms with Crippen LogP contribution in [0.3, 0.4) is 0 Å². The number of hydrogen-bond acceptors (Lipinski definition) is 4. The van der Waals surface area contributed by atoms with Gasteiger partial charge in [0.05, 0.1) is 11.1 Å². The largest absolute Gasteiger partial charge is 0.383 e. The lowest BCUT2D eigenvalue weighted by molar-refractivity contribution is 0.548. The van der Waals surface area contributed by atoms with Gasteiger partial charge in [-0.25, -0.2) is 13.2 Å². The van der Waals surface area contributed by atoms with E-state index >= 15 is 0 Å². The first-order chi connectivity index (χ1) is 12.8. The number of fused-ring (bicyclic) bond motifs is 1. The zero-order chi connectivity index (χ0) is 19.7. The monoisotopic (exact) mass is 397 g/mol. The highest BCUT2D eigenvalue weighted by Gasteiger charge is 2.24. The number of hydrogen-bond donors (Lipinski definition) is 1. The van der Waals surface area contributed by atoms with E-state index in [1.165, 1.54) is 4.52 Å². The Bertz CT molecular complexity index is 966. The minimum Gasteiger partial charge on any atom is -0.383 e. The normalized spacial score (nSPS) is 12.7. The number of benzene rings is 1. The molecule has 0 saturated heterocycles. The van der Waals surface area contributed by atoms with Gasteiger partial charge in [0.25, 0.3) is 5.78 Å². The zero-order valence-electron chi connectivity index (χ0n) is 14.9. The molecule has 1 atom stereocenters. The molecule has 0 aliphatic carbocycles. The molecule has 2 N–H and O–H groups in total. The molecule has 0 radical (unpaired) electrons. The first kappa shape index (κ1) is 19.4. The van der Waals surface area contributed by atoms with Crippen LogP contribution in [0.15, 0.2) is 12.1 Å². The van der Waals surface area contributed by atoms with Gasteiger partial charge >= 0.3 is 0 Å². The Morgan fingerprint density at radius 1 is 1.11 bits per heavy atom. The molecule has 0 saturated carbocycles. The molecule has 0 fully saturated rings. The molecule has 144 valence electrons. The molecule has 0 aliphatic rings. The van der Waals surface area contributed by atoms with E-state index in [9.17, 15) is 13.2 Å². The molecule has 9 heteroatoms. The molecular formula is C18H19ClF3N5. The first-order valence-corrected chi connectivity index (χ1v) is 9.07. The Hall–Kier alpha value is -2.35. The van der Waals surface area contributed by atoms with Gasteiger partial charge in [0.15, 0.2) is 5.82 Å². The fourth-order valence-corrected chi connectivity index (χ4v) is 3.23. The molecule has 1 unspecified atom stereocenters. The van der Waals surface area contributed by atoms with Crippen LogP contribution < -0.4 is 5.73 Å². The number of nitrogens with two attached hydrogens (primary N) is 1. The van der Waals surface area contributed by atoms with Crippen LogP contribution in [-0.4, -0.2) is 19.6 Å². The van der Waals surface area contributed by atoms with Gasteiger partial charge in [0, 0.05) is 18.1 Å². The molecule has 0 bridgehead atoms. The Morgan fingerprint density at radius 3 is 2.41 bits per heavy atom. The molecule has 27 heavy (non-hydrogen) atoms. The molecule has 0 aliphatic heterocycles. The van der Waals surface area contributed by atoms with Crippen LogP contribution in [-0.2, 0) is 0 Å². The van der Waals surface area contributed by atoms with Crippen LogP contribution in [0.4, 0.5) is 19.0 Å². The number of nitrogen functional groups attached to an aromatic ring is 1. The van der Waals surface area contributed by atoms with Gasteiger partial charge in [-0.3, -0.25) is 0 Å². The summed E-state index contributed by atoms with van der Waals surface area (Å²) in [6, 6.07) is 1.11. The van der Waals surface area contributed by atoms with E-state index in [2.05, 4.69) is 22.0 Å². The smallest absolute Gasteiger partial charge is 0.255 e. The van der Waals surface area contributed by atoms with E-state index < -0.39 is 23.0 Å². The highest BCUT2D eigenvalue weighted by atomic mass is 35.5. The number of aromatic nitrogens is 4. The lowest BCUT2D eigenvalue weighted by Crippen LogP contribution is -2.06. The van der Waals surface area contributed by atoms with Crippen LogP contribution in [0.5, 0.6) is 0 Å². The fraction of sp³-hybridized carbons (Fsp3) is 0.389. The summed E-state index contributed by atoms with van der Waals surface area (Å²) in [6.45, 7) is 4.11. The van der Waals surface area contributed by atoms with Gasteiger partial charge in [0.2, 0.25) is 0 Å². The number of rotatable bonds is 6. The van der Waals surface area contributed by atoms with Crippen molar-refractivity contribution >= 4 is 23.2 Å². The molecular weight excluding hydrogens is 379 g/mol. The van der Waals surface area contributed by atoms with Gasteiger partial charge in [-0.05, 0) is 6.42 Å². The van der Waals surface area contributed by atoms with Crippen molar-refractivity contribution < 1.29 is 13.2 Å².